The van der Waals surface area contributed by atoms with Crippen LogP contribution in [0.5, 0.6) is 23.0 Å². The fourth-order valence-electron chi connectivity index (χ4n) is 6.78. The van der Waals surface area contributed by atoms with Crippen LogP contribution in [0.25, 0.3) is 22.3 Å². The van der Waals surface area contributed by atoms with Crippen LogP contribution in [0.1, 0.15) is 124 Å². The van der Waals surface area contributed by atoms with E-state index < -0.39 is 0 Å². The van der Waals surface area contributed by atoms with E-state index in [1.54, 1.807) is 13.2 Å². The Bertz CT molecular complexity index is 1550. The average Bonchev–Trinajstić information content (AvgIpc) is 3.16. The summed E-state index contributed by atoms with van der Waals surface area (Å²) in [6.45, 7) is 20.7. The van der Waals surface area contributed by atoms with Crippen molar-refractivity contribution in [3.05, 3.63) is 57.8 Å². The number of rotatable bonds is 28. The molecule has 1 aromatic heterocycles. The Kier molecular flexibility index (Phi) is 20.5. The van der Waals surface area contributed by atoms with Crippen molar-refractivity contribution in [1.82, 2.24) is 9.80 Å². The Hall–Kier alpha value is -3.49. The Labute approximate surface area is 320 Å². The number of hydrogen-bond acceptors (Lipinski definition) is 8. The molecule has 0 saturated heterocycles. The van der Waals surface area contributed by atoms with E-state index in [4.69, 9.17) is 18.6 Å². The maximum absolute atomic E-state index is 14.3. The third-order valence-electron chi connectivity index (χ3n) is 10.3. The first-order valence-corrected chi connectivity index (χ1v) is 20.6. The van der Waals surface area contributed by atoms with Gasteiger partial charge in [-0.3, -0.25) is 4.79 Å². The van der Waals surface area contributed by atoms with Gasteiger partial charge in [0.15, 0.2) is 5.76 Å². The average molecular weight is 735 g/mol. The molecule has 53 heavy (non-hydrogen) atoms. The molecule has 0 aliphatic carbocycles. The van der Waals surface area contributed by atoms with E-state index in [-0.39, 0.29) is 22.3 Å². The number of hydrogen-bond donors (Lipinski definition) is 1. The normalized spacial score (nSPS) is 11.5. The quantitative estimate of drug-likeness (QED) is 0.0583. The summed E-state index contributed by atoms with van der Waals surface area (Å²) in [6.07, 6.45) is 16.1. The number of fused-ring (bicyclic) bond motifs is 1. The molecular weight excluding hydrogens is 665 g/mol. The molecule has 0 bridgehead atoms. The SMILES string of the molecule is CCN(CC)CCCCCCCCOc1cc(O)c2c(=O)c(OCCCCCCCCN(CC)CC)c(-c3ccc(OC)cc3)oc2c1CC=C(C)C. The number of benzene rings is 2. The van der Waals surface area contributed by atoms with E-state index >= 15 is 0 Å². The summed E-state index contributed by atoms with van der Waals surface area (Å²) in [7, 11) is 1.62. The molecule has 0 unspecified atom stereocenters. The van der Waals surface area contributed by atoms with E-state index in [9.17, 15) is 9.90 Å². The number of methoxy groups -OCH3 is 1. The molecule has 0 aliphatic rings. The molecule has 0 spiro atoms. The first-order valence-electron chi connectivity index (χ1n) is 20.6. The number of aromatic hydroxyl groups is 1. The number of phenols is 1. The Morgan fingerprint density at radius 2 is 1.25 bits per heavy atom. The molecule has 1 N–H and O–H groups in total. The second-order valence-corrected chi connectivity index (χ2v) is 14.4. The molecule has 0 aliphatic heterocycles. The first-order chi connectivity index (χ1) is 25.8. The molecule has 3 rings (SSSR count). The summed E-state index contributed by atoms with van der Waals surface area (Å²) in [5.74, 6) is 1.55. The van der Waals surface area contributed by atoms with Gasteiger partial charge in [0.25, 0.3) is 0 Å². The zero-order chi connectivity index (χ0) is 38.4. The van der Waals surface area contributed by atoms with Gasteiger partial charge in [-0.15, -0.1) is 0 Å². The van der Waals surface area contributed by atoms with Gasteiger partial charge in [-0.1, -0.05) is 90.7 Å². The van der Waals surface area contributed by atoms with Gasteiger partial charge < -0.3 is 33.5 Å². The van der Waals surface area contributed by atoms with Gasteiger partial charge in [0.2, 0.25) is 11.2 Å². The van der Waals surface area contributed by atoms with Crippen LogP contribution in [-0.2, 0) is 6.42 Å². The maximum atomic E-state index is 14.3. The van der Waals surface area contributed by atoms with Gasteiger partial charge >= 0.3 is 0 Å². The third kappa shape index (κ3) is 14.4. The van der Waals surface area contributed by atoms with E-state index in [0.29, 0.717) is 48.0 Å². The molecule has 8 nitrogen and oxygen atoms in total. The van der Waals surface area contributed by atoms with E-state index in [0.717, 1.165) is 76.0 Å². The van der Waals surface area contributed by atoms with Crippen molar-refractivity contribution in [3.8, 4) is 34.3 Å². The van der Waals surface area contributed by atoms with Gasteiger partial charge in [-0.25, -0.2) is 0 Å². The molecule has 2 aromatic carbocycles. The minimum atomic E-state index is -0.378. The smallest absolute Gasteiger partial charge is 0.239 e. The third-order valence-corrected chi connectivity index (χ3v) is 10.3. The number of ether oxygens (including phenoxy) is 3. The van der Waals surface area contributed by atoms with Crippen molar-refractivity contribution in [2.75, 3.05) is 59.6 Å². The van der Waals surface area contributed by atoms with Crippen molar-refractivity contribution in [1.29, 1.82) is 0 Å². The maximum Gasteiger partial charge on any atom is 0.239 e. The topological polar surface area (TPSA) is 84.6 Å². The number of unbranched alkanes of at least 4 members (excludes halogenated alkanes) is 10. The largest absolute Gasteiger partial charge is 0.507 e. The highest BCUT2D eigenvalue weighted by atomic mass is 16.5. The number of nitrogens with zero attached hydrogens (tertiary/aromatic N) is 2. The molecule has 0 radical (unpaired) electrons. The van der Waals surface area contributed by atoms with Gasteiger partial charge in [0, 0.05) is 17.2 Å². The molecule has 296 valence electrons. The molecule has 1 heterocycles. The van der Waals surface area contributed by atoms with Crippen LogP contribution < -0.4 is 19.6 Å². The fourth-order valence-corrected chi connectivity index (χ4v) is 6.78. The lowest BCUT2D eigenvalue weighted by atomic mass is 10.0. The van der Waals surface area contributed by atoms with E-state index in [1.165, 1.54) is 51.5 Å². The highest BCUT2D eigenvalue weighted by Crippen LogP contribution is 2.40. The predicted octanol–water partition coefficient (Wildman–Crippen LogP) is 10.8. The van der Waals surface area contributed by atoms with Crippen LogP contribution in [0.15, 0.2) is 51.2 Å². The summed E-state index contributed by atoms with van der Waals surface area (Å²) < 4.78 is 24.6. The Morgan fingerprint density at radius 1 is 0.736 bits per heavy atom. The summed E-state index contributed by atoms with van der Waals surface area (Å²) in [4.78, 5) is 19.2. The van der Waals surface area contributed by atoms with Crippen LogP contribution in [-0.4, -0.2) is 74.5 Å². The van der Waals surface area contributed by atoms with Crippen LogP contribution in [0.2, 0.25) is 0 Å². The fraction of sp³-hybridized carbons (Fsp3) is 0.622. The minimum Gasteiger partial charge on any atom is -0.507 e. The van der Waals surface area contributed by atoms with Crippen molar-refractivity contribution in [2.24, 2.45) is 0 Å². The van der Waals surface area contributed by atoms with Crippen molar-refractivity contribution in [3.63, 3.8) is 0 Å². The zero-order valence-corrected chi connectivity index (χ0v) is 34.2. The molecule has 0 atom stereocenters. The van der Waals surface area contributed by atoms with E-state index in [2.05, 4.69) is 43.6 Å². The minimum absolute atomic E-state index is 0.121. The zero-order valence-electron chi connectivity index (χ0n) is 34.2. The second-order valence-electron chi connectivity index (χ2n) is 14.4. The van der Waals surface area contributed by atoms with Crippen LogP contribution >= 0.6 is 0 Å². The number of phenolic OH excluding ortho intramolecular Hbond substituents is 1. The van der Waals surface area contributed by atoms with Gasteiger partial charge in [-0.2, -0.15) is 0 Å². The van der Waals surface area contributed by atoms with Crippen LogP contribution in [0.3, 0.4) is 0 Å². The molecule has 0 fully saturated rings. The van der Waals surface area contributed by atoms with Crippen molar-refractivity contribution in [2.45, 2.75) is 125 Å². The second kappa shape index (κ2) is 24.8. The highest BCUT2D eigenvalue weighted by Gasteiger charge is 2.24. The van der Waals surface area contributed by atoms with Gasteiger partial charge in [0.05, 0.1) is 20.3 Å². The molecule has 0 amide bonds. The van der Waals surface area contributed by atoms with Crippen molar-refractivity contribution < 1.29 is 23.7 Å². The Balaban J connectivity index is 1.78. The molecule has 0 saturated carbocycles. The molecular formula is C45H70N2O6. The monoisotopic (exact) mass is 735 g/mol. The summed E-state index contributed by atoms with van der Waals surface area (Å²) in [5.41, 5.74) is 2.54. The molecule has 3 aromatic rings. The standard InChI is InChI=1S/C45H70N2O6/c1-8-46(9-2)30-20-16-12-14-18-22-32-51-40-34-39(48)41-42(49)45(52-33-23-19-15-13-17-21-31-47(10-3)11-4)43(36-25-27-37(50-7)28-26-36)53-44(41)38(40)29-24-35(5)6/h24-28,34,48H,8-23,29-33H2,1-7H3. The summed E-state index contributed by atoms with van der Waals surface area (Å²) in [5, 5.41) is 11.5. The molecule has 8 heteroatoms. The highest BCUT2D eigenvalue weighted by molar-refractivity contribution is 5.91. The van der Waals surface area contributed by atoms with Crippen molar-refractivity contribution >= 4 is 11.0 Å². The summed E-state index contributed by atoms with van der Waals surface area (Å²) in [6, 6.07) is 9.00. The Morgan fingerprint density at radius 3 is 1.75 bits per heavy atom. The van der Waals surface area contributed by atoms with Gasteiger partial charge in [-0.05, 0) is 109 Å². The first kappa shape index (κ1) is 43.9. The lowest BCUT2D eigenvalue weighted by Gasteiger charge is -2.17. The van der Waals surface area contributed by atoms with Crippen LogP contribution in [0, 0.1) is 0 Å². The van der Waals surface area contributed by atoms with Gasteiger partial charge in [0.1, 0.15) is 28.2 Å². The summed E-state index contributed by atoms with van der Waals surface area (Å²) >= 11 is 0. The predicted molar refractivity (Wildman–Crippen MR) is 221 cm³/mol. The van der Waals surface area contributed by atoms with E-state index in [1.807, 2.05) is 38.1 Å². The number of allylic oxidation sites excluding steroid dienone is 2. The lowest BCUT2D eigenvalue weighted by Crippen LogP contribution is -2.23. The van der Waals surface area contributed by atoms with Crippen LogP contribution in [0.4, 0.5) is 0 Å². The lowest BCUT2D eigenvalue weighted by molar-refractivity contribution is 0.289.